The molecule has 0 unspecified atom stereocenters. The van der Waals surface area contributed by atoms with Gasteiger partial charge in [0.25, 0.3) is 0 Å². The van der Waals surface area contributed by atoms with E-state index in [1.54, 1.807) is 30.3 Å². The fraction of sp³-hybridized carbons (Fsp3) is 0.0714. The van der Waals surface area contributed by atoms with Crippen molar-refractivity contribution >= 4 is 23.9 Å². The van der Waals surface area contributed by atoms with Crippen molar-refractivity contribution in [2.24, 2.45) is 0 Å². The van der Waals surface area contributed by atoms with E-state index in [0.717, 1.165) is 0 Å². The molecule has 0 amide bonds. The normalized spacial score (nSPS) is 9.39. The predicted octanol–water partition coefficient (Wildman–Crippen LogP) is 2.93. The Balaban J connectivity index is 0.00000162. The molecule has 2 aromatic carbocycles. The lowest BCUT2D eigenvalue weighted by Crippen LogP contribution is -2.04. The van der Waals surface area contributed by atoms with Crippen LogP contribution in [0, 0.1) is 0 Å². The maximum atomic E-state index is 12.2. The molecule has 0 spiro atoms. The summed E-state index contributed by atoms with van der Waals surface area (Å²) in [6.45, 7) is 0. The van der Waals surface area contributed by atoms with Crippen LogP contribution in [0.25, 0.3) is 0 Å². The highest BCUT2D eigenvalue weighted by Gasteiger charge is 2.14. The van der Waals surface area contributed by atoms with Gasteiger partial charge in [-0.1, -0.05) is 30.3 Å². The fourth-order valence-corrected chi connectivity index (χ4v) is 1.65. The summed E-state index contributed by atoms with van der Waals surface area (Å²) < 4.78 is 5.17. The number of ketones is 1. The van der Waals surface area contributed by atoms with Crippen molar-refractivity contribution in [1.82, 2.24) is 0 Å². The zero-order valence-corrected chi connectivity index (χ0v) is 10.7. The van der Waals surface area contributed by atoms with Crippen molar-refractivity contribution in [2.75, 3.05) is 12.8 Å². The Morgan fingerprint density at radius 1 is 1.11 bits per heavy atom. The van der Waals surface area contributed by atoms with Gasteiger partial charge in [-0.05, 0) is 18.2 Å². The molecular formula is C14H14ClNO2. The minimum absolute atomic E-state index is 0. The second-order valence-electron chi connectivity index (χ2n) is 3.65. The predicted molar refractivity (Wildman–Crippen MR) is 74.5 cm³/mol. The van der Waals surface area contributed by atoms with Crippen LogP contribution >= 0.6 is 12.4 Å². The lowest BCUT2D eigenvalue weighted by atomic mass is 10.0. The van der Waals surface area contributed by atoms with E-state index in [-0.39, 0.29) is 18.2 Å². The number of hydrogen-bond acceptors (Lipinski definition) is 3. The van der Waals surface area contributed by atoms with E-state index in [1.807, 2.05) is 18.2 Å². The molecule has 0 bridgehead atoms. The summed E-state index contributed by atoms with van der Waals surface area (Å²) in [4.78, 5) is 12.2. The average Bonchev–Trinajstić information content (AvgIpc) is 2.39. The lowest BCUT2D eigenvalue weighted by molar-refractivity contribution is 0.103. The summed E-state index contributed by atoms with van der Waals surface area (Å²) in [7, 11) is 1.54. The molecule has 94 valence electrons. The van der Waals surface area contributed by atoms with Crippen LogP contribution in [0.4, 0.5) is 5.69 Å². The Labute approximate surface area is 112 Å². The number of methoxy groups -OCH3 is 1. The first-order valence-corrected chi connectivity index (χ1v) is 5.25. The summed E-state index contributed by atoms with van der Waals surface area (Å²) >= 11 is 0. The average molecular weight is 264 g/mol. The number of nitrogens with two attached hydrogens (primary N) is 1. The van der Waals surface area contributed by atoms with Gasteiger partial charge in [0.2, 0.25) is 0 Å². The van der Waals surface area contributed by atoms with Gasteiger partial charge in [-0.15, -0.1) is 12.4 Å². The SMILES string of the molecule is COc1ccc(N)cc1C(=O)c1ccccc1.Cl. The molecule has 0 atom stereocenters. The number of carbonyl (C=O) groups excluding carboxylic acids is 1. The van der Waals surface area contributed by atoms with Crippen molar-refractivity contribution in [3.63, 3.8) is 0 Å². The largest absolute Gasteiger partial charge is 0.496 e. The van der Waals surface area contributed by atoms with Gasteiger partial charge in [-0.2, -0.15) is 0 Å². The van der Waals surface area contributed by atoms with Crippen LogP contribution < -0.4 is 10.5 Å². The number of halogens is 1. The molecule has 0 aliphatic carbocycles. The van der Waals surface area contributed by atoms with Crippen LogP contribution in [0.15, 0.2) is 48.5 Å². The maximum Gasteiger partial charge on any atom is 0.196 e. The Morgan fingerprint density at radius 3 is 2.39 bits per heavy atom. The third-order valence-electron chi connectivity index (χ3n) is 2.50. The molecule has 0 saturated carbocycles. The van der Waals surface area contributed by atoms with Gasteiger partial charge in [-0.3, -0.25) is 4.79 Å². The van der Waals surface area contributed by atoms with Gasteiger partial charge in [0.15, 0.2) is 5.78 Å². The van der Waals surface area contributed by atoms with Gasteiger partial charge in [0.05, 0.1) is 12.7 Å². The van der Waals surface area contributed by atoms with Crippen LogP contribution in [-0.2, 0) is 0 Å². The summed E-state index contributed by atoms with van der Waals surface area (Å²) in [5.41, 5.74) is 7.34. The highest BCUT2D eigenvalue weighted by atomic mass is 35.5. The van der Waals surface area contributed by atoms with Crippen molar-refractivity contribution < 1.29 is 9.53 Å². The van der Waals surface area contributed by atoms with Crippen LogP contribution in [-0.4, -0.2) is 12.9 Å². The van der Waals surface area contributed by atoms with Crippen LogP contribution in [0.2, 0.25) is 0 Å². The topological polar surface area (TPSA) is 52.3 Å². The molecule has 2 aromatic rings. The molecule has 2 rings (SSSR count). The van der Waals surface area contributed by atoms with Crippen LogP contribution in [0.1, 0.15) is 15.9 Å². The summed E-state index contributed by atoms with van der Waals surface area (Å²) in [6, 6.07) is 14.1. The second kappa shape index (κ2) is 6.07. The summed E-state index contributed by atoms with van der Waals surface area (Å²) in [5.74, 6) is 0.447. The van der Waals surface area contributed by atoms with Gasteiger partial charge < -0.3 is 10.5 Å². The first-order valence-electron chi connectivity index (χ1n) is 5.25. The number of carbonyl (C=O) groups is 1. The standard InChI is InChI=1S/C14H13NO2.ClH/c1-17-13-8-7-11(15)9-12(13)14(16)10-5-3-2-4-6-10;/h2-9H,15H2,1H3;1H. The lowest BCUT2D eigenvalue weighted by Gasteiger charge is -2.08. The minimum atomic E-state index is -0.0882. The first kappa shape index (κ1) is 14.1. The summed E-state index contributed by atoms with van der Waals surface area (Å²) in [6.07, 6.45) is 0. The minimum Gasteiger partial charge on any atom is -0.496 e. The number of rotatable bonds is 3. The molecule has 0 fully saturated rings. The number of nitrogen functional groups attached to an aromatic ring is 1. The van der Waals surface area contributed by atoms with E-state index in [0.29, 0.717) is 22.6 Å². The smallest absolute Gasteiger partial charge is 0.196 e. The van der Waals surface area contributed by atoms with Crippen LogP contribution in [0.5, 0.6) is 5.75 Å². The summed E-state index contributed by atoms with van der Waals surface area (Å²) in [5, 5.41) is 0. The number of hydrogen-bond donors (Lipinski definition) is 1. The van der Waals surface area contributed by atoms with Crippen LogP contribution in [0.3, 0.4) is 0 Å². The van der Waals surface area contributed by atoms with E-state index >= 15 is 0 Å². The van der Waals surface area contributed by atoms with Gasteiger partial charge in [-0.25, -0.2) is 0 Å². The highest BCUT2D eigenvalue weighted by Crippen LogP contribution is 2.23. The number of ether oxygens (including phenoxy) is 1. The quantitative estimate of drug-likeness (QED) is 0.684. The molecule has 3 nitrogen and oxygen atoms in total. The van der Waals surface area contributed by atoms with Crippen molar-refractivity contribution in [2.45, 2.75) is 0 Å². The zero-order chi connectivity index (χ0) is 12.3. The molecule has 0 saturated heterocycles. The van der Waals surface area contributed by atoms with E-state index in [1.165, 1.54) is 7.11 Å². The molecule has 0 radical (unpaired) electrons. The Kier molecular flexibility index (Phi) is 4.75. The van der Waals surface area contributed by atoms with Gasteiger partial charge in [0.1, 0.15) is 5.75 Å². The zero-order valence-electron chi connectivity index (χ0n) is 9.92. The fourth-order valence-electron chi connectivity index (χ4n) is 1.65. The van der Waals surface area contributed by atoms with Gasteiger partial charge >= 0.3 is 0 Å². The molecule has 4 heteroatoms. The maximum absolute atomic E-state index is 12.2. The Morgan fingerprint density at radius 2 is 1.78 bits per heavy atom. The Hall–Kier alpha value is -2.00. The van der Waals surface area contributed by atoms with E-state index < -0.39 is 0 Å². The number of anilines is 1. The molecule has 18 heavy (non-hydrogen) atoms. The van der Waals surface area contributed by atoms with E-state index in [4.69, 9.17) is 10.5 Å². The van der Waals surface area contributed by atoms with Crippen molar-refractivity contribution in [1.29, 1.82) is 0 Å². The van der Waals surface area contributed by atoms with Gasteiger partial charge in [0, 0.05) is 11.3 Å². The molecule has 0 heterocycles. The molecular weight excluding hydrogens is 250 g/mol. The molecule has 0 aliphatic rings. The third kappa shape index (κ3) is 2.81. The monoisotopic (exact) mass is 263 g/mol. The second-order valence-corrected chi connectivity index (χ2v) is 3.65. The van der Waals surface area contributed by atoms with E-state index in [2.05, 4.69) is 0 Å². The first-order chi connectivity index (χ1) is 8.22. The highest BCUT2D eigenvalue weighted by molar-refractivity contribution is 6.11. The molecule has 0 aliphatic heterocycles. The molecule has 0 aromatic heterocycles. The number of benzene rings is 2. The van der Waals surface area contributed by atoms with Crippen molar-refractivity contribution in [3.8, 4) is 5.75 Å². The third-order valence-corrected chi connectivity index (χ3v) is 2.50. The molecule has 2 N–H and O–H groups in total. The Bertz CT molecular complexity index is 541. The van der Waals surface area contributed by atoms with Crippen molar-refractivity contribution in [3.05, 3.63) is 59.7 Å². The van der Waals surface area contributed by atoms with E-state index in [9.17, 15) is 4.79 Å².